The molecule has 0 amide bonds. The summed E-state index contributed by atoms with van der Waals surface area (Å²) in [6, 6.07) is 4.51. The van der Waals surface area contributed by atoms with E-state index in [4.69, 9.17) is 4.74 Å². The topological polar surface area (TPSA) is 9.23 Å². The summed E-state index contributed by atoms with van der Waals surface area (Å²) in [5, 5.41) is 0. The highest BCUT2D eigenvalue weighted by molar-refractivity contribution is 5.44. The van der Waals surface area contributed by atoms with Crippen molar-refractivity contribution in [3.63, 3.8) is 0 Å². The standard InChI is InChI=1S/C14H22O/c1-6-10(3)13-8-12(7-2)11(4)14(9-13)15-5/h8-10H,6-7H2,1-5H3. The predicted octanol–water partition coefficient (Wildman–Crippen LogP) is 4.08. The highest BCUT2D eigenvalue weighted by atomic mass is 16.5. The Morgan fingerprint density at radius 3 is 2.40 bits per heavy atom. The van der Waals surface area contributed by atoms with Gasteiger partial charge in [-0.3, -0.25) is 0 Å². The summed E-state index contributed by atoms with van der Waals surface area (Å²) in [7, 11) is 1.75. The van der Waals surface area contributed by atoms with Crippen molar-refractivity contribution in [2.24, 2.45) is 0 Å². The van der Waals surface area contributed by atoms with Crippen LogP contribution in [-0.2, 0) is 6.42 Å². The van der Waals surface area contributed by atoms with Gasteiger partial charge in [0.2, 0.25) is 0 Å². The molecule has 0 saturated heterocycles. The molecule has 0 spiro atoms. The Morgan fingerprint density at radius 2 is 1.93 bits per heavy atom. The van der Waals surface area contributed by atoms with Crippen LogP contribution in [0.3, 0.4) is 0 Å². The van der Waals surface area contributed by atoms with Gasteiger partial charge in [0.25, 0.3) is 0 Å². The van der Waals surface area contributed by atoms with Crippen molar-refractivity contribution in [2.75, 3.05) is 7.11 Å². The van der Waals surface area contributed by atoms with Crippen LogP contribution in [0, 0.1) is 6.92 Å². The molecule has 0 saturated carbocycles. The highest BCUT2D eigenvalue weighted by Gasteiger charge is 2.10. The van der Waals surface area contributed by atoms with Crippen LogP contribution in [-0.4, -0.2) is 7.11 Å². The number of methoxy groups -OCH3 is 1. The zero-order valence-corrected chi connectivity index (χ0v) is 10.6. The zero-order chi connectivity index (χ0) is 11.4. The normalized spacial score (nSPS) is 12.6. The van der Waals surface area contributed by atoms with E-state index >= 15 is 0 Å². The molecule has 0 radical (unpaired) electrons. The molecule has 1 atom stereocenters. The molecule has 0 aliphatic carbocycles. The second-order valence-electron chi connectivity index (χ2n) is 4.17. The van der Waals surface area contributed by atoms with Crippen LogP contribution in [0.2, 0.25) is 0 Å². The fourth-order valence-electron chi connectivity index (χ4n) is 1.87. The average Bonchev–Trinajstić information content (AvgIpc) is 2.28. The largest absolute Gasteiger partial charge is 0.496 e. The predicted molar refractivity (Wildman–Crippen MR) is 65.8 cm³/mol. The Bertz CT molecular complexity index is 303. The molecule has 0 fully saturated rings. The minimum Gasteiger partial charge on any atom is -0.496 e. The molecule has 15 heavy (non-hydrogen) atoms. The Hall–Kier alpha value is -0.980. The van der Waals surface area contributed by atoms with Crippen LogP contribution in [0.5, 0.6) is 5.75 Å². The Labute approximate surface area is 93.5 Å². The van der Waals surface area contributed by atoms with Crippen molar-refractivity contribution in [3.8, 4) is 5.75 Å². The van der Waals surface area contributed by atoms with Crippen molar-refractivity contribution in [3.05, 3.63) is 28.8 Å². The van der Waals surface area contributed by atoms with Gasteiger partial charge in [-0.2, -0.15) is 0 Å². The second-order valence-corrected chi connectivity index (χ2v) is 4.17. The lowest BCUT2D eigenvalue weighted by Gasteiger charge is -2.16. The second kappa shape index (κ2) is 5.20. The molecule has 1 unspecified atom stereocenters. The Kier molecular flexibility index (Phi) is 4.19. The zero-order valence-electron chi connectivity index (χ0n) is 10.6. The van der Waals surface area contributed by atoms with E-state index in [0.29, 0.717) is 5.92 Å². The van der Waals surface area contributed by atoms with Crippen LogP contribution >= 0.6 is 0 Å². The maximum absolute atomic E-state index is 5.42. The SMILES string of the molecule is CCc1cc(C(C)CC)cc(OC)c1C. The smallest absolute Gasteiger partial charge is 0.122 e. The Balaban J connectivity index is 3.20. The fraction of sp³-hybridized carbons (Fsp3) is 0.571. The summed E-state index contributed by atoms with van der Waals surface area (Å²) in [6.45, 7) is 8.83. The molecule has 1 aromatic carbocycles. The molecule has 0 heterocycles. The number of aryl methyl sites for hydroxylation is 1. The van der Waals surface area contributed by atoms with Crippen molar-refractivity contribution in [1.82, 2.24) is 0 Å². The maximum Gasteiger partial charge on any atom is 0.122 e. The molecule has 0 bridgehead atoms. The highest BCUT2D eigenvalue weighted by Crippen LogP contribution is 2.29. The van der Waals surface area contributed by atoms with E-state index in [0.717, 1.165) is 12.2 Å². The molecule has 1 heteroatoms. The van der Waals surface area contributed by atoms with Gasteiger partial charge < -0.3 is 4.74 Å². The summed E-state index contributed by atoms with van der Waals surface area (Å²) in [6.07, 6.45) is 2.25. The van der Waals surface area contributed by atoms with Crippen molar-refractivity contribution >= 4 is 0 Å². The molecular formula is C14H22O. The van der Waals surface area contributed by atoms with E-state index in [1.165, 1.54) is 23.1 Å². The van der Waals surface area contributed by atoms with Crippen molar-refractivity contribution in [1.29, 1.82) is 0 Å². The number of benzene rings is 1. The minimum absolute atomic E-state index is 0.616. The third-order valence-corrected chi connectivity index (χ3v) is 3.27. The molecule has 84 valence electrons. The van der Waals surface area contributed by atoms with Gasteiger partial charge in [-0.1, -0.05) is 26.8 Å². The third-order valence-electron chi connectivity index (χ3n) is 3.27. The lowest BCUT2D eigenvalue weighted by atomic mass is 9.93. The maximum atomic E-state index is 5.42. The molecule has 0 aliphatic heterocycles. The van der Waals surface area contributed by atoms with E-state index in [1.807, 2.05) is 0 Å². The number of rotatable bonds is 4. The number of hydrogen-bond donors (Lipinski definition) is 0. The third kappa shape index (κ3) is 2.53. The van der Waals surface area contributed by atoms with Gasteiger partial charge in [-0.25, -0.2) is 0 Å². The first kappa shape index (κ1) is 12.1. The molecule has 0 aliphatic rings. The van der Waals surface area contributed by atoms with E-state index in [2.05, 4.69) is 39.8 Å². The van der Waals surface area contributed by atoms with E-state index < -0.39 is 0 Å². The van der Waals surface area contributed by atoms with Crippen molar-refractivity contribution in [2.45, 2.75) is 46.5 Å². The summed E-state index contributed by atoms with van der Waals surface area (Å²) in [5.74, 6) is 1.65. The van der Waals surface area contributed by atoms with Crippen LogP contribution < -0.4 is 4.74 Å². The van der Waals surface area contributed by atoms with Crippen LogP contribution in [0.4, 0.5) is 0 Å². The van der Waals surface area contributed by atoms with Gasteiger partial charge in [-0.15, -0.1) is 0 Å². The van der Waals surface area contributed by atoms with Gasteiger partial charge in [-0.05, 0) is 48.4 Å². The first-order chi connectivity index (χ1) is 7.13. The quantitative estimate of drug-likeness (QED) is 0.721. The fourth-order valence-corrected chi connectivity index (χ4v) is 1.87. The monoisotopic (exact) mass is 206 g/mol. The Morgan fingerprint density at radius 1 is 1.27 bits per heavy atom. The first-order valence-electron chi connectivity index (χ1n) is 5.81. The van der Waals surface area contributed by atoms with E-state index in [-0.39, 0.29) is 0 Å². The summed E-state index contributed by atoms with van der Waals surface area (Å²) < 4.78 is 5.42. The molecule has 1 nitrogen and oxygen atoms in total. The first-order valence-corrected chi connectivity index (χ1v) is 5.81. The molecule has 1 aromatic rings. The lowest BCUT2D eigenvalue weighted by molar-refractivity contribution is 0.410. The molecule has 0 aromatic heterocycles. The van der Waals surface area contributed by atoms with Crippen LogP contribution in [0.15, 0.2) is 12.1 Å². The average molecular weight is 206 g/mol. The molecule has 1 rings (SSSR count). The summed E-state index contributed by atoms with van der Waals surface area (Å²) >= 11 is 0. The summed E-state index contributed by atoms with van der Waals surface area (Å²) in [4.78, 5) is 0. The van der Waals surface area contributed by atoms with Gasteiger partial charge in [0.15, 0.2) is 0 Å². The van der Waals surface area contributed by atoms with Gasteiger partial charge in [0, 0.05) is 0 Å². The molecule has 0 N–H and O–H groups in total. The lowest BCUT2D eigenvalue weighted by Crippen LogP contribution is -1.99. The van der Waals surface area contributed by atoms with Gasteiger partial charge >= 0.3 is 0 Å². The number of ether oxygens (including phenoxy) is 1. The van der Waals surface area contributed by atoms with Crippen LogP contribution in [0.25, 0.3) is 0 Å². The number of hydrogen-bond acceptors (Lipinski definition) is 1. The minimum atomic E-state index is 0.616. The van der Waals surface area contributed by atoms with E-state index in [1.54, 1.807) is 7.11 Å². The van der Waals surface area contributed by atoms with Gasteiger partial charge in [0.1, 0.15) is 5.75 Å². The van der Waals surface area contributed by atoms with Crippen molar-refractivity contribution < 1.29 is 4.74 Å². The molecular weight excluding hydrogens is 184 g/mol. The van der Waals surface area contributed by atoms with Gasteiger partial charge in [0.05, 0.1) is 7.11 Å². The van der Waals surface area contributed by atoms with Crippen LogP contribution in [0.1, 0.15) is 49.8 Å². The van der Waals surface area contributed by atoms with E-state index in [9.17, 15) is 0 Å². The summed E-state index contributed by atoms with van der Waals surface area (Å²) in [5.41, 5.74) is 4.09.